The van der Waals surface area contributed by atoms with Gasteiger partial charge in [0.2, 0.25) is 0 Å². The first-order valence-corrected chi connectivity index (χ1v) is 6.97. The molecule has 5 heteroatoms. The fraction of sp³-hybridized carbons (Fsp3) is 0.462. The van der Waals surface area contributed by atoms with E-state index in [-0.39, 0.29) is 6.04 Å². The van der Waals surface area contributed by atoms with Crippen LogP contribution in [-0.2, 0) is 7.05 Å². The maximum atomic E-state index is 6.06. The van der Waals surface area contributed by atoms with E-state index in [4.69, 9.17) is 5.73 Å². The Bertz CT molecular complexity index is 513. The van der Waals surface area contributed by atoms with Crippen molar-refractivity contribution in [2.24, 2.45) is 13.0 Å². The maximum absolute atomic E-state index is 6.06. The molecular weight excluding hydrogens is 244 g/mol. The Balaban J connectivity index is 2.30. The largest absolute Gasteiger partial charge is 0.394 e. The average molecular weight is 264 g/mol. The minimum atomic E-state index is 0.266. The Morgan fingerprint density at radius 3 is 2.61 bits per heavy atom. The van der Waals surface area contributed by atoms with Crippen LogP contribution in [0.1, 0.15) is 30.5 Å². The number of aromatic nitrogens is 2. The molecule has 0 saturated heterocycles. The Morgan fingerprint density at radius 2 is 2.17 bits per heavy atom. The van der Waals surface area contributed by atoms with Gasteiger partial charge in [-0.25, -0.2) is 0 Å². The summed E-state index contributed by atoms with van der Waals surface area (Å²) in [6.07, 6.45) is 0. The number of nitrogens with one attached hydrogen (secondary N) is 1. The molecule has 3 N–H and O–H groups in total. The lowest BCUT2D eigenvalue weighted by Gasteiger charge is -2.22. The van der Waals surface area contributed by atoms with E-state index in [9.17, 15) is 0 Å². The van der Waals surface area contributed by atoms with Crippen LogP contribution in [-0.4, -0.2) is 9.78 Å². The highest BCUT2D eigenvalue weighted by molar-refractivity contribution is 7.10. The van der Waals surface area contributed by atoms with Crippen molar-refractivity contribution in [2.45, 2.75) is 26.8 Å². The van der Waals surface area contributed by atoms with Crippen LogP contribution in [0.4, 0.5) is 11.5 Å². The van der Waals surface area contributed by atoms with Gasteiger partial charge in [-0.2, -0.15) is 5.10 Å². The van der Waals surface area contributed by atoms with Crippen LogP contribution in [0.5, 0.6) is 0 Å². The lowest BCUT2D eigenvalue weighted by Crippen LogP contribution is -2.18. The highest BCUT2D eigenvalue weighted by Crippen LogP contribution is 2.32. The number of nitrogen functional groups attached to an aromatic ring is 1. The van der Waals surface area contributed by atoms with E-state index in [0.717, 1.165) is 17.2 Å². The second-order valence-electron chi connectivity index (χ2n) is 4.85. The highest BCUT2D eigenvalue weighted by atomic mass is 32.1. The molecule has 4 nitrogen and oxygen atoms in total. The number of thiophene rings is 1. The van der Waals surface area contributed by atoms with Gasteiger partial charge in [0.25, 0.3) is 0 Å². The zero-order valence-corrected chi connectivity index (χ0v) is 12.1. The molecule has 1 atom stereocenters. The number of anilines is 2. The van der Waals surface area contributed by atoms with Gasteiger partial charge in [-0.05, 0) is 24.3 Å². The minimum Gasteiger partial charge on any atom is -0.394 e. The van der Waals surface area contributed by atoms with Gasteiger partial charge in [0.1, 0.15) is 5.82 Å². The molecule has 0 saturated carbocycles. The molecule has 0 radical (unpaired) electrons. The molecule has 18 heavy (non-hydrogen) atoms. The van der Waals surface area contributed by atoms with E-state index < -0.39 is 0 Å². The Hall–Kier alpha value is -1.49. The lowest BCUT2D eigenvalue weighted by molar-refractivity contribution is 0.547. The summed E-state index contributed by atoms with van der Waals surface area (Å²) in [5.74, 6) is 1.39. The second-order valence-corrected chi connectivity index (χ2v) is 5.83. The summed E-state index contributed by atoms with van der Waals surface area (Å²) in [7, 11) is 1.91. The van der Waals surface area contributed by atoms with Crippen molar-refractivity contribution >= 4 is 22.8 Å². The zero-order chi connectivity index (χ0) is 13.3. The van der Waals surface area contributed by atoms with Crippen LogP contribution < -0.4 is 11.1 Å². The summed E-state index contributed by atoms with van der Waals surface area (Å²) in [5.41, 5.74) is 7.67. The van der Waals surface area contributed by atoms with Gasteiger partial charge in [0, 0.05) is 11.9 Å². The molecular formula is C13H20N4S. The van der Waals surface area contributed by atoms with Crippen molar-refractivity contribution in [3.8, 4) is 0 Å². The Labute approximate surface area is 112 Å². The first-order valence-electron chi connectivity index (χ1n) is 6.09. The number of aryl methyl sites for hydroxylation is 2. The first kappa shape index (κ1) is 13.0. The van der Waals surface area contributed by atoms with Gasteiger partial charge in [-0.1, -0.05) is 19.9 Å². The van der Waals surface area contributed by atoms with Gasteiger partial charge in [0.05, 0.1) is 17.4 Å². The average Bonchev–Trinajstić information content (AvgIpc) is 2.88. The summed E-state index contributed by atoms with van der Waals surface area (Å²) in [6.45, 7) is 6.34. The standard InChI is InChI=1S/C13H20N4S/c1-8(2)12(10-6-5-7-18-10)15-13-11(14)9(3)16-17(13)4/h5-8,12,15H,14H2,1-4H3. The predicted molar refractivity (Wildman–Crippen MR) is 77.9 cm³/mol. The third-order valence-corrected chi connectivity index (χ3v) is 4.03. The molecule has 0 amide bonds. The van der Waals surface area contributed by atoms with Crippen LogP contribution in [0.3, 0.4) is 0 Å². The molecule has 2 aromatic heterocycles. The van der Waals surface area contributed by atoms with Gasteiger partial charge in [-0.15, -0.1) is 11.3 Å². The van der Waals surface area contributed by atoms with Crippen molar-refractivity contribution < 1.29 is 0 Å². The molecule has 0 aliphatic heterocycles. The molecule has 2 aromatic rings. The van der Waals surface area contributed by atoms with Crippen LogP contribution in [0, 0.1) is 12.8 Å². The number of rotatable bonds is 4. The quantitative estimate of drug-likeness (QED) is 0.891. The van der Waals surface area contributed by atoms with Crippen LogP contribution in [0.25, 0.3) is 0 Å². The Morgan fingerprint density at radius 1 is 1.44 bits per heavy atom. The fourth-order valence-electron chi connectivity index (χ4n) is 2.03. The SMILES string of the molecule is Cc1nn(C)c(NC(c2cccs2)C(C)C)c1N. The number of nitrogens with zero attached hydrogens (tertiary/aromatic N) is 2. The van der Waals surface area contributed by atoms with Crippen LogP contribution >= 0.6 is 11.3 Å². The molecule has 0 spiro atoms. The third-order valence-electron chi connectivity index (χ3n) is 3.08. The van der Waals surface area contributed by atoms with Gasteiger partial charge in [-0.3, -0.25) is 4.68 Å². The van der Waals surface area contributed by atoms with E-state index in [1.807, 2.05) is 18.7 Å². The van der Waals surface area contributed by atoms with Gasteiger partial charge < -0.3 is 11.1 Å². The smallest absolute Gasteiger partial charge is 0.148 e. The van der Waals surface area contributed by atoms with Crippen molar-refractivity contribution in [2.75, 3.05) is 11.1 Å². The van der Waals surface area contributed by atoms with Gasteiger partial charge in [0.15, 0.2) is 0 Å². The lowest BCUT2D eigenvalue weighted by atomic mass is 10.0. The number of hydrogen-bond acceptors (Lipinski definition) is 4. The molecule has 0 aliphatic carbocycles. The molecule has 0 aromatic carbocycles. The molecule has 0 fully saturated rings. The molecule has 2 heterocycles. The molecule has 0 aliphatic rings. The highest BCUT2D eigenvalue weighted by Gasteiger charge is 2.20. The molecule has 0 bridgehead atoms. The summed E-state index contributed by atoms with van der Waals surface area (Å²) < 4.78 is 1.81. The molecule has 2 rings (SSSR count). The predicted octanol–water partition coefficient (Wildman–Crippen LogP) is 3.18. The maximum Gasteiger partial charge on any atom is 0.148 e. The second kappa shape index (κ2) is 5.02. The van der Waals surface area contributed by atoms with E-state index in [0.29, 0.717) is 5.92 Å². The summed E-state index contributed by atoms with van der Waals surface area (Å²) >= 11 is 1.76. The van der Waals surface area contributed by atoms with Crippen LogP contribution in [0.2, 0.25) is 0 Å². The fourth-order valence-corrected chi connectivity index (χ4v) is 2.98. The van der Waals surface area contributed by atoms with Crippen molar-refractivity contribution in [1.82, 2.24) is 9.78 Å². The number of nitrogens with two attached hydrogens (primary N) is 1. The van der Waals surface area contributed by atoms with E-state index in [2.05, 4.69) is 41.8 Å². The summed E-state index contributed by atoms with van der Waals surface area (Å²) in [6, 6.07) is 4.50. The van der Waals surface area contributed by atoms with E-state index in [1.54, 1.807) is 11.3 Å². The summed E-state index contributed by atoms with van der Waals surface area (Å²) in [4.78, 5) is 1.32. The third kappa shape index (κ3) is 2.36. The zero-order valence-electron chi connectivity index (χ0n) is 11.3. The Kier molecular flexibility index (Phi) is 3.61. The number of hydrogen-bond donors (Lipinski definition) is 2. The van der Waals surface area contributed by atoms with Crippen molar-refractivity contribution in [3.63, 3.8) is 0 Å². The van der Waals surface area contributed by atoms with Crippen molar-refractivity contribution in [1.29, 1.82) is 0 Å². The first-order chi connectivity index (χ1) is 8.50. The molecule has 98 valence electrons. The van der Waals surface area contributed by atoms with E-state index >= 15 is 0 Å². The normalized spacial score (nSPS) is 12.9. The monoisotopic (exact) mass is 264 g/mol. The molecule has 1 unspecified atom stereocenters. The van der Waals surface area contributed by atoms with Gasteiger partial charge >= 0.3 is 0 Å². The summed E-state index contributed by atoms with van der Waals surface area (Å²) in [5, 5.41) is 9.96. The van der Waals surface area contributed by atoms with E-state index in [1.165, 1.54) is 4.88 Å². The topological polar surface area (TPSA) is 55.9 Å². The van der Waals surface area contributed by atoms with Crippen molar-refractivity contribution in [3.05, 3.63) is 28.1 Å². The van der Waals surface area contributed by atoms with Crippen LogP contribution in [0.15, 0.2) is 17.5 Å². The minimum absolute atomic E-state index is 0.266.